The summed E-state index contributed by atoms with van der Waals surface area (Å²) in [5.74, 6) is 0.253. The highest BCUT2D eigenvalue weighted by Gasteiger charge is 2.47. The predicted octanol–water partition coefficient (Wildman–Crippen LogP) is -0.387. The number of aromatic nitrogens is 2. The van der Waals surface area contributed by atoms with Gasteiger partial charge in [-0.3, -0.25) is 14.3 Å². The van der Waals surface area contributed by atoms with E-state index in [1.165, 1.54) is 0 Å². The van der Waals surface area contributed by atoms with Gasteiger partial charge in [-0.15, -0.1) is 0 Å². The highest BCUT2D eigenvalue weighted by molar-refractivity contribution is 7.53. The fraction of sp³-hybridized carbons (Fsp3) is 0.692. The number of nitrogens with one attached hydrogen (secondary N) is 2. The standard InChI is InChI=1S/C13H24N5O6P/c1-3-13(4-2,25(21,22)23)24-8(6-19)5-18-7-15-9-10(18)16-12(14)17-11(9)20/h8,15,19H,3-7H2,1-2H3,(H2,21,22,23)(H3,14,16,17,20). The summed E-state index contributed by atoms with van der Waals surface area (Å²) in [6.07, 6.45) is -0.712. The summed E-state index contributed by atoms with van der Waals surface area (Å²) in [5, 5.41) is 10.8. The number of nitrogens with zero attached hydrogens (tertiary/aromatic N) is 2. The zero-order valence-electron chi connectivity index (χ0n) is 14.1. The molecule has 1 aromatic rings. The maximum Gasteiger partial charge on any atom is 0.357 e. The van der Waals surface area contributed by atoms with Gasteiger partial charge in [0.15, 0.2) is 11.2 Å². The molecule has 7 N–H and O–H groups in total. The van der Waals surface area contributed by atoms with Crippen molar-refractivity contribution in [2.75, 3.05) is 35.8 Å². The van der Waals surface area contributed by atoms with Gasteiger partial charge in [0.25, 0.3) is 5.56 Å². The lowest BCUT2D eigenvalue weighted by molar-refractivity contribution is -0.0745. The molecular formula is C13H24N5O6P. The number of H-pyrrole nitrogens is 1. The van der Waals surface area contributed by atoms with Crippen LogP contribution in [0, 0.1) is 0 Å². The zero-order chi connectivity index (χ0) is 18.8. The van der Waals surface area contributed by atoms with Crippen LogP contribution in [0.4, 0.5) is 17.5 Å². The molecule has 1 aliphatic rings. The topological polar surface area (TPSA) is 174 Å². The number of aromatic amines is 1. The number of rotatable bonds is 8. The van der Waals surface area contributed by atoms with Crippen LogP contribution in [0.5, 0.6) is 0 Å². The highest BCUT2D eigenvalue weighted by atomic mass is 31.2. The van der Waals surface area contributed by atoms with Gasteiger partial charge in [-0.05, 0) is 12.8 Å². The van der Waals surface area contributed by atoms with E-state index in [9.17, 15) is 24.3 Å². The van der Waals surface area contributed by atoms with Gasteiger partial charge in [0.05, 0.1) is 19.4 Å². The van der Waals surface area contributed by atoms with Crippen molar-refractivity contribution in [3.05, 3.63) is 10.4 Å². The second-order valence-electron chi connectivity index (χ2n) is 5.83. The lowest BCUT2D eigenvalue weighted by Crippen LogP contribution is -2.43. The molecule has 0 fully saturated rings. The Balaban J connectivity index is 2.22. The van der Waals surface area contributed by atoms with E-state index in [1.54, 1.807) is 18.7 Å². The van der Waals surface area contributed by atoms with E-state index < -0.39 is 31.2 Å². The van der Waals surface area contributed by atoms with E-state index >= 15 is 0 Å². The Morgan fingerprint density at radius 3 is 2.60 bits per heavy atom. The summed E-state index contributed by atoms with van der Waals surface area (Å²) < 4.78 is 17.5. The maximum absolute atomic E-state index is 11.9. The van der Waals surface area contributed by atoms with E-state index in [2.05, 4.69) is 15.3 Å². The summed E-state index contributed by atoms with van der Waals surface area (Å²) in [4.78, 5) is 39.2. The number of nitrogens with two attached hydrogens (primary N) is 1. The third kappa shape index (κ3) is 3.80. The van der Waals surface area contributed by atoms with E-state index in [0.717, 1.165) is 0 Å². The van der Waals surface area contributed by atoms with Crippen LogP contribution in [0.15, 0.2) is 4.79 Å². The third-order valence-electron chi connectivity index (χ3n) is 4.31. The van der Waals surface area contributed by atoms with Gasteiger partial charge in [-0.2, -0.15) is 4.98 Å². The average molecular weight is 377 g/mol. The van der Waals surface area contributed by atoms with E-state index in [-0.39, 0.29) is 37.7 Å². The van der Waals surface area contributed by atoms with Gasteiger partial charge in [0.2, 0.25) is 5.95 Å². The van der Waals surface area contributed by atoms with Crippen LogP contribution >= 0.6 is 7.60 Å². The van der Waals surface area contributed by atoms with Crippen molar-refractivity contribution in [3.8, 4) is 0 Å². The number of hydrogen-bond donors (Lipinski definition) is 6. The molecule has 1 aliphatic heterocycles. The Bertz CT molecular complexity index is 715. The number of hydrogen-bond acceptors (Lipinski definition) is 8. The van der Waals surface area contributed by atoms with E-state index in [4.69, 9.17) is 10.5 Å². The van der Waals surface area contributed by atoms with Crippen molar-refractivity contribution in [2.24, 2.45) is 0 Å². The predicted molar refractivity (Wildman–Crippen MR) is 92.4 cm³/mol. The molecule has 0 aliphatic carbocycles. The lowest BCUT2D eigenvalue weighted by atomic mass is 10.2. The van der Waals surface area contributed by atoms with Crippen LogP contribution in [0.3, 0.4) is 0 Å². The minimum Gasteiger partial charge on any atom is -0.394 e. The molecule has 0 saturated heterocycles. The summed E-state index contributed by atoms with van der Waals surface area (Å²) in [5.41, 5.74) is 5.38. The fourth-order valence-corrected chi connectivity index (χ4v) is 3.96. The molecule has 11 nitrogen and oxygen atoms in total. The molecule has 1 unspecified atom stereocenters. The second-order valence-corrected chi connectivity index (χ2v) is 7.73. The first-order chi connectivity index (χ1) is 11.7. The molecule has 2 heterocycles. The first kappa shape index (κ1) is 19.7. The summed E-state index contributed by atoms with van der Waals surface area (Å²) in [6.45, 7) is 3.09. The van der Waals surface area contributed by atoms with Crippen molar-refractivity contribution in [2.45, 2.75) is 38.1 Å². The molecule has 1 aromatic heterocycles. The number of nitrogen functional groups attached to an aromatic ring is 1. The first-order valence-corrected chi connectivity index (χ1v) is 9.51. The van der Waals surface area contributed by atoms with E-state index in [1.807, 2.05) is 0 Å². The van der Waals surface area contributed by atoms with Crippen LogP contribution in [-0.2, 0) is 9.30 Å². The monoisotopic (exact) mass is 377 g/mol. The molecule has 0 bridgehead atoms. The largest absolute Gasteiger partial charge is 0.394 e. The van der Waals surface area contributed by atoms with E-state index in [0.29, 0.717) is 5.82 Å². The summed E-state index contributed by atoms with van der Waals surface area (Å²) >= 11 is 0. The Kier molecular flexibility index (Phi) is 5.75. The highest BCUT2D eigenvalue weighted by Crippen LogP contribution is 2.55. The molecule has 142 valence electrons. The van der Waals surface area contributed by atoms with Gasteiger partial charge < -0.3 is 35.6 Å². The molecule has 0 spiro atoms. The minimum atomic E-state index is -4.56. The van der Waals surface area contributed by atoms with Crippen LogP contribution in [-0.4, -0.2) is 56.1 Å². The number of aliphatic hydroxyl groups is 1. The lowest BCUT2D eigenvalue weighted by Gasteiger charge is -2.36. The van der Waals surface area contributed by atoms with Crippen molar-refractivity contribution in [3.63, 3.8) is 0 Å². The first-order valence-electron chi connectivity index (χ1n) is 7.90. The van der Waals surface area contributed by atoms with Crippen molar-refractivity contribution in [1.82, 2.24) is 9.97 Å². The minimum absolute atomic E-state index is 0.0504. The van der Waals surface area contributed by atoms with Crippen LogP contribution in [0.1, 0.15) is 26.7 Å². The van der Waals surface area contributed by atoms with Crippen LogP contribution in [0.25, 0.3) is 0 Å². The Hall–Kier alpha value is -1.65. The molecule has 25 heavy (non-hydrogen) atoms. The molecule has 0 aromatic carbocycles. The number of fused-ring (bicyclic) bond motifs is 1. The summed E-state index contributed by atoms with van der Waals surface area (Å²) in [6, 6.07) is 0. The molecule has 12 heteroatoms. The number of ether oxygens (including phenoxy) is 1. The van der Waals surface area contributed by atoms with Crippen molar-refractivity contribution >= 4 is 25.0 Å². The molecule has 0 saturated carbocycles. The smallest absolute Gasteiger partial charge is 0.357 e. The average Bonchev–Trinajstić information content (AvgIpc) is 2.93. The van der Waals surface area contributed by atoms with Gasteiger partial charge >= 0.3 is 7.60 Å². The molecule has 1 atom stereocenters. The molecule has 0 radical (unpaired) electrons. The van der Waals surface area contributed by atoms with Gasteiger partial charge in [0, 0.05) is 6.54 Å². The van der Waals surface area contributed by atoms with Crippen molar-refractivity contribution in [1.29, 1.82) is 0 Å². The van der Waals surface area contributed by atoms with Crippen LogP contribution < -0.4 is 21.5 Å². The number of anilines is 3. The Labute approximate surface area is 144 Å². The van der Waals surface area contributed by atoms with Gasteiger partial charge in [-0.1, -0.05) is 13.8 Å². The quantitative estimate of drug-likeness (QED) is 0.327. The fourth-order valence-electron chi connectivity index (χ4n) is 2.85. The normalized spacial score (nSPS) is 15.8. The molecular weight excluding hydrogens is 353 g/mol. The SMILES string of the molecule is CCC(CC)(OC(CO)CN1CNc2c1nc(N)[nH]c2=O)P(=O)(O)O. The molecule has 2 rings (SSSR count). The molecule has 0 amide bonds. The maximum atomic E-state index is 11.9. The Morgan fingerprint density at radius 1 is 1.44 bits per heavy atom. The zero-order valence-corrected chi connectivity index (χ0v) is 15.0. The summed E-state index contributed by atoms with van der Waals surface area (Å²) in [7, 11) is -4.56. The van der Waals surface area contributed by atoms with Gasteiger partial charge in [-0.25, -0.2) is 0 Å². The Morgan fingerprint density at radius 2 is 2.08 bits per heavy atom. The van der Waals surface area contributed by atoms with Crippen LogP contribution in [0.2, 0.25) is 0 Å². The second kappa shape index (κ2) is 7.30. The van der Waals surface area contributed by atoms with Gasteiger partial charge in [0.1, 0.15) is 5.69 Å². The van der Waals surface area contributed by atoms with Crippen molar-refractivity contribution < 1.29 is 24.2 Å². The number of aliphatic hydroxyl groups excluding tert-OH is 1. The third-order valence-corrected chi connectivity index (χ3v) is 6.11.